The smallest absolute Gasteiger partial charge is 0.126 e. The fourth-order valence-electron chi connectivity index (χ4n) is 2.46. The molecule has 21 heavy (non-hydrogen) atoms. The second-order valence-electron chi connectivity index (χ2n) is 4.87. The first kappa shape index (κ1) is 13.6. The largest absolute Gasteiger partial charge is 0.496 e. The van der Waals surface area contributed by atoms with E-state index >= 15 is 0 Å². The molecule has 0 fully saturated rings. The lowest BCUT2D eigenvalue weighted by molar-refractivity contribution is 0.420. The van der Waals surface area contributed by atoms with Crippen molar-refractivity contribution in [3.05, 3.63) is 42.6 Å². The Balaban J connectivity index is 2.06. The first-order valence-electron chi connectivity index (χ1n) is 7.00. The number of hydrogen-bond donors (Lipinski definition) is 1. The molecule has 1 heterocycles. The molecule has 0 spiro atoms. The van der Waals surface area contributed by atoms with Gasteiger partial charge in [-0.2, -0.15) is 0 Å². The summed E-state index contributed by atoms with van der Waals surface area (Å²) in [6, 6.07) is 12.1. The van der Waals surface area contributed by atoms with Crippen molar-refractivity contribution in [2.24, 2.45) is 5.73 Å². The normalized spacial score (nSPS) is 11.0. The van der Waals surface area contributed by atoms with Gasteiger partial charge in [-0.25, -0.2) is 0 Å². The molecule has 0 saturated carbocycles. The van der Waals surface area contributed by atoms with E-state index in [-0.39, 0.29) is 0 Å². The maximum atomic E-state index is 5.53. The molecule has 0 bridgehead atoms. The highest BCUT2D eigenvalue weighted by Crippen LogP contribution is 2.33. The lowest BCUT2D eigenvalue weighted by atomic mass is 10.0. The van der Waals surface area contributed by atoms with Gasteiger partial charge in [0, 0.05) is 17.5 Å². The van der Waals surface area contributed by atoms with E-state index in [1.165, 1.54) is 0 Å². The van der Waals surface area contributed by atoms with Crippen molar-refractivity contribution in [3.8, 4) is 17.0 Å². The van der Waals surface area contributed by atoms with Crippen LogP contribution in [0.5, 0.6) is 5.75 Å². The van der Waals surface area contributed by atoms with E-state index in [0.717, 1.165) is 40.7 Å². The van der Waals surface area contributed by atoms with Crippen LogP contribution in [-0.2, 0) is 6.54 Å². The van der Waals surface area contributed by atoms with Gasteiger partial charge in [-0.3, -0.25) is 4.68 Å². The van der Waals surface area contributed by atoms with Crippen LogP contribution in [-0.4, -0.2) is 28.6 Å². The minimum Gasteiger partial charge on any atom is -0.496 e. The average Bonchev–Trinajstić information content (AvgIpc) is 3.00. The summed E-state index contributed by atoms with van der Waals surface area (Å²) in [7, 11) is 1.69. The minimum absolute atomic E-state index is 0.653. The summed E-state index contributed by atoms with van der Waals surface area (Å²) in [5.41, 5.74) is 7.45. The Labute approximate surface area is 123 Å². The topological polar surface area (TPSA) is 66.0 Å². The molecule has 0 unspecified atom stereocenters. The second-order valence-corrected chi connectivity index (χ2v) is 4.87. The molecular weight excluding hydrogens is 264 g/mol. The third-order valence-electron chi connectivity index (χ3n) is 3.51. The van der Waals surface area contributed by atoms with E-state index < -0.39 is 0 Å². The van der Waals surface area contributed by atoms with Gasteiger partial charge >= 0.3 is 0 Å². The van der Waals surface area contributed by atoms with Crippen molar-refractivity contribution >= 4 is 10.8 Å². The van der Waals surface area contributed by atoms with E-state index in [4.69, 9.17) is 10.5 Å². The predicted octanol–water partition coefficient (Wildman–Crippen LogP) is 2.46. The summed E-state index contributed by atoms with van der Waals surface area (Å²) in [6.07, 6.45) is 2.86. The number of nitrogens with two attached hydrogens (primary N) is 1. The van der Waals surface area contributed by atoms with Crippen molar-refractivity contribution in [2.75, 3.05) is 13.7 Å². The fourth-order valence-corrected chi connectivity index (χ4v) is 2.46. The third-order valence-corrected chi connectivity index (χ3v) is 3.51. The maximum absolute atomic E-state index is 5.53. The monoisotopic (exact) mass is 282 g/mol. The summed E-state index contributed by atoms with van der Waals surface area (Å²) in [5, 5.41) is 10.6. The number of benzene rings is 2. The summed E-state index contributed by atoms with van der Waals surface area (Å²) in [5.74, 6) is 0.866. The molecule has 0 radical (unpaired) electrons. The van der Waals surface area contributed by atoms with Crippen LogP contribution in [0.2, 0.25) is 0 Å². The van der Waals surface area contributed by atoms with Gasteiger partial charge in [-0.05, 0) is 30.5 Å². The highest BCUT2D eigenvalue weighted by atomic mass is 16.5. The van der Waals surface area contributed by atoms with Gasteiger partial charge in [0.25, 0.3) is 0 Å². The molecule has 0 aliphatic heterocycles. The van der Waals surface area contributed by atoms with Gasteiger partial charge in [-0.15, -0.1) is 5.10 Å². The summed E-state index contributed by atoms with van der Waals surface area (Å²) >= 11 is 0. The highest BCUT2D eigenvalue weighted by molar-refractivity contribution is 5.99. The molecule has 0 atom stereocenters. The quantitative estimate of drug-likeness (QED) is 0.780. The molecule has 108 valence electrons. The number of rotatable bonds is 5. The molecule has 5 nitrogen and oxygen atoms in total. The standard InChI is InChI=1S/C16H18N4O/c1-21-16-8-7-13(12-5-2-3-6-14(12)16)15-11-20(19-18-15)10-4-9-17/h2-3,5-8,11H,4,9-10,17H2,1H3. The lowest BCUT2D eigenvalue weighted by Gasteiger charge is -2.08. The van der Waals surface area contributed by atoms with Crippen LogP contribution in [0.1, 0.15) is 6.42 Å². The van der Waals surface area contributed by atoms with Crippen molar-refractivity contribution < 1.29 is 4.74 Å². The van der Waals surface area contributed by atoms with Crippen molar-refractivity contribution in [2.45, 2.75) is 13.0 Å². The van der Waals surface area contributed by atoms with Gasteiger partial charge in [-0.1, -0.05) is 29.5 Å². The zero-order valence-corrected chi connectivity index (χ0v) is 12.0. The lowest BCUT2D eigenvalue weighted by Crippen LogP contribution is -2.06. The van der Waals surface area contributed by atoms with Crippen molar-refractivity contribution in [1.29, 1.82) is 0 Å². The summed E-state index contributed by atoms with van der Waals surface area (Å²) in [4.78, 5) is 0. The minimum atomic E-state index is 0.653. The number of ether oxygens (including phenoxy) is 1. The molecule has 0 aliphatic rings. The number of methoxy groups -OCH3 is 1. The van der Waals surface area contributed by atoms with Gasteiger partial charge in [0.1, 0.15) is 11.4 Å². The van der Waals surface area contributed by atoms with Crippen LogP contribution in [0.4, 0.5) is 0 Å². The SMILES string of the molecule is COc1ccc(-c2cn(CCCN)nn2)c2ccccc12. The molecule has 0 saturated heterocycles. The zero-order valence-electron chi connectivity index (χ0n) is 12.0. The Hall–Kier alpha value is -2.40. The molecule has 5 heteroatoms. The molecule has 0 amide bonds. The van der Waals surface area contributed by atoms with Gasteiger partial charge in [0.15, 0.2) is 0 Å². The number of nitrogens with zero attached hydrogens (tertiary/aromatic N) is 3. The van der Waals surface area contributed by atoms with E-state index in [2.05, 4.69) is 22.4 Å². The Morgan fingerprint density at radius 1 is 1.14 bits per heavy atom. The first-order valence-corrected chi connectivity index (χ1v) is 7.00. The molecule has 3 aromatic rings. The Bertz CT molecular complexity index is 751. The molecular formula is C16H18N4O. The summed E-state index contributed by atoms with van der Waals surface area (Å²) < 4.78 is 7.26. The van der Waals surface area contributed by atoms with E-state index in [9.17, 15) is 0 Å². The molecule has 2 aromatic carbocycles. The van der Waals surface area contributed by atoms with Gasteiger partial charge in [0.05, 0.1) is 13.3 Å². The average molecular weight is 282 g/mol. The number of fused-ring (bicyclic) bond motifs is 1. The van der Waals surface area contributed by atoms with Gasteiger partial charge < -0.3 is 10.5 Å². The fraction of sp³-hybridized carbons (Fsp3) is 0.250. The van der Waals surface area contributed by atoms with Crippen LogP contribution in [0.15, 0.2) is 42.6 Å². The Morgan fingerprint density at radius 2 is 1.95 bits per heavy atom. The summed E-state index contributed by atoms with van der Waals surface area (Å²) in [6.45, 7) is 1.44. The second kappa shape index (κ2) is 5.93. The van der Waals surface area contributed by atoms with Crippen molar-refractivity contribution in [1.82, 2.24) is 15.0 Å². The predicted molar refractivity (Wildman–Crippen MR) is 83.2 cm³/mol. The van der Waals surface area contributed by atoms with Gasteiger partial charge in [0.2, 0.25) is 0 Å². The van der Waals surface area contributed by atoms with Crippen LogP contribution in [0.3, 0.4) is 0 Å². The molecule has 2 N–H and O–H groups in total. The first-order chi connectivity index (χ1) is 10.3. The van der Waals surface area contributed by atoms with E-state index in [1.807, 2.05) is 35.1 Å². The van der Waals surface area contributed by atoms with Crippen LogP contribution in [0, 0.1) is 0 Å². The Morgan fingerprint density at radius 3 is 2.71 bits per heavy atom. The number of aryl methyl sites for hydroxylation is 1. The van der Waals surface area contributed by atoms with Crippen molar-refractivity contribution in [3.63, 3.8) is 0 Å². The molecule has 1 aromatic heterocycles. The zero-order chi connectivity index (χ0) is 14.7. The number of hydrogen-bond acceptors (Lipinski definition) is 4. The Kier molecular flexibility index (Phi) is 3.83. The molecule has 3 rings (SSSR count). The molecule has 0 aliphatic carbocycles. The van der Waals surface area contributed by atoms with Crippen LogP contribution >= 0.6 is 0 Å². The van der Waals surface area contributed by atoms with Crippen LogP contribution < -0.4 is 10.5 Å². The highest BCUT2D eigenvalue weighted by Gasteiger charge is 2.10. The van der Waals surface area contributed by atoms with E-state index in [1.54, 1.807) is 7.11 Å². The maximum Gasteiger partial charge on any atom is 0.126 e. The third kappa shape index (κ3) is 2.60. The number of aromatic nitrogens is 3. The van der Waals surface area contributed by atoms with E-state index in [0.29, 0.717) is 6.54 Å². The van der Waals surface area contributed by atoms with Crippen LogP contribution in [0.25, 0.3) is 22.0 Å².